The Morgan fingerprint density at radius 3 is 2.49 bits per heavy atom. The van der Waals surface area contributed by atoms with Gasteiger partial charge < -0.3 is 4.74 Å². The maximum Gasteiger partial charge on any atom is 0.338 e. The molecule has 0 saturated carbocycles. The van der Waals surface area contributed by atoms with Crippen LogP contribution in [0.3, 0.4) is 0 Å². The van der Waals surface area contributed by atoms with Crippen molar-refractivity contribution in [1.29, 1.82) is 0 Å². The van der Waals surface area contributed by atoms with Crippen LogP contribution in [0.2, 0.25) is 0 Å². The summed E-state index contributed by atoms with van der Waals surface area (Å²) in [6, 6.07) is 12.8. The summed E-state index contributed by atoms with van der Waals surface area (Å²) in [6.45, 7) is 3.75. The number of esters is 1. The lowest BCUT2D eigenvalue weighted by molar-refractivity contribution is -0.139. The number of benzene rings is 2. The van der Waals surface area contributed by atoms with Gasteiger partial charge in [-0.25, -0.2) is 14.6 Å². The first-order chi connectivity index (χ1) is 17.7. The quantitative estimate of drug-likeness (QED) is 0.290. The molecule has 0 fully saturated rings. The van der Waals surface area contributed by atoms with Gasteiger partial charge in [-0.05, 0) is 61.6 Å². The second kappa shape index (κ2) is 9.68. The van der Waals surface area contributed by atoms with E-state index in [2.05, 4.69) is 4.99 Å². The molecule has 0 N–H and O–H groups in total. The Hall–Kier alpha value is -3.63. The Morgan fingerprint density at radius 2 is 1.81 bits per heavy atom. The number of allylic oxidation sites excluding steroid dienone is 1. The van der Waals surface area contributed by atoms with Gasteiger partial charge in [0.25, 0.3) is 5.56 Å². The van der Waals surface area contributed by atoms with E-state index in [1.807, 2.05) is 48.7 Å². The van der Waals surface area contributed by atoms with Gasteiger partial charge in [0.2, 0.25) is 0 Å². The Kier molecular flexibility index (Phi) is 6.55. The first-order valence-corrected chi connectivity index (χ1v) is 13.8. The van der Waals surface area contributed by atoms with Crippen molar-refractivity contribution < 1.29 is 9.53 Å². The van der Waals surface area contributed by atoms with E-state index in [0.717, 1.165) is 27.1 Å². The number of aromatic nitrogens is 3. The van der Waals surface area contributed by atoms with Gasteiger partial charge in [0.15, 0.2) is 4.80 Å². The van der Waals surface area contributed by atoms with Crippen LogP contribution in [0.1, 0.15) is 31.0 Å². The molecule has 2 aromatic heterocycles. The standard InChI is InChI=1S/C27H26N4O4S2/c1-6-35-25(33)22-15(2)28-26-31(23(22)17-8-10-18(36-5)11-9-17)24(32)21(37-26)14-16-7-12-19-20(13-16)30(4)27(34)29(19)3/h7-14,23H,6H2,1-5H3/b21-14+. The number of hydrogen-bond donors (Lipinski definition) is 0. The summed E-state index contributed by atoms with van der Waals surface area (Å²) >= 11 is 2.90. The number of thiazole rings is 1. The third-order valence-electron chi connectivity index (χ3n) is 6.54. The predicted octanol–water partition coefficient (Wildman–Crippen LogP) is 2.71. The predicted molar refractivity (Wildman–Crippen MR) is 147 cm³/mol. The minimum absolute atomic E-state index is 0.110. The van der Waals surface area contributed by atoms with Crippen LogP contribution < -0.4 is 20.6 Å². The molecule has 5 rings (SSSR count). The Bertz CT molecular complexity index is 1820. The van der Waals surface area contributed by atoms with E-state index in [0.29, 0.717) is 20.6 Å². The zero-order chi connectivity index (χ0) is 26.4. The van der Waals surface area contributed by atoms with E-state index >= 15 is 0 Å². The molecule has 0 saturated heterocycles. The van der Waals surface area contributed by atoms with Crippen molar-refractivity contribution in [3.8, 4) is 0 Å². The van der Waals surface area contributed by atoms with Gasteiger partial charge >= 0.3 is 11.7 Å². The third kappa shape index (κ3) is 4.19. The summed E-state index contributed by atoms with van der Waals surface area (Å²) in [7, 11) is 3.46. The minimum Gasteiger partial charge on any atom is -0.463 e. The van der Waals surface area contributed by atoms with Crippen LogP contribution in [0.5, 0.6) is 0 Å². The van der Waals surface area contributed by atoms with E-state index in [-0.39, 0.29) is 17.9 Å². The second-order valence-electron chi connectivity index (χ2n) is 8.72. The topological polar surface area (TPSA) is 87.6 Å². The monoisotopic (exact) mass is 534 g/mol. The summed E-state index contributed by atoms with van der Waals surface area (Å²) < 4.78 is 10.6. The van der Waals surface area contributed by atoms with Crippen LogP contribution in [0.15, 0.2) is 73.2 Å². The lowest BCUT2D eigenvalue weighted by Crippen LogP contribution is -2.39. The van der Waals surface area contributed by atoms with Gasteiger partial charge in [-0.3, -0.25) is 18.5 Å². The van der Waals surface area contributed by atoms with Gasteiger partial charge in [0.05, 0.1) is 39.5 Å². The minimum atomic E-state index is -0.647. The molecule has 1 aliphatic rings. The fourth-order valence-corrected chi connectivity index (χ4v) is 6.11. The number of thioether (sulfide) groups is 1. The number of fused-ring (bicyclic) bond motifs is 2. The zero-order valence-electron chi connectivity index (χ0n) is 21.1. The van der Waals surface area contributed by atoms with E-state index in [1.165, 1.54) is 11.3 Å². The van der Waals surface area contributed by atoms with Crippen LogP contribution in [-0.2, 0) is 23.6 Å². The molecule has 2 aromatic carbocycles. The van der Waals surface area contributed by atoms with Crippen molar-refractivity contribution in [2.45, 2.75) is 24.8 Å². The number of rotatable bonds is 5. The van der Waals surface area contributed by atoms with Crippen LogP contribution in [0.4, 0.5) is 0 Å². The summed E-state index contributed by atoms with van der Waals surface area (Å²) in [5.41, 5.74) is 3.74. The number of imidazole rings is 1. The van der Waals surface area contributed by atoms with Crippen LogP contribution in [0.25, 0.3) is 17.1 Å². The van der Waals surface area contributed by atoms with Crippen molar-refractivity contribution in [1.82, 2.24) is 13.7 Å². The average molecular weight is 535 g/mol. The van der Waals surface area contributed by atoms with E-state index in [4.69, 9.17) is 4.74 Å². The van der Waals surface area contributed by atoms with Gasteiger partial charge in [-0.15, -0.1) is 11.8 Å². The normalized spacial score (nSPS) is 15.7. The molecular weight excluding hydrogens is 508 g/mol. The van der Waals surface area contributed by atoms with E-state index < -0.39 is 12.0 Å². The molecule has 1 aliphatic heterocycles. The SMILES string of the molecule is CCOC(=O)C1=C(C)N=c2s/c(=C/c3ccc4c(c3)n(C)c(=O)n4C)c(=O)n2C1c1ccc(SC)cc1. The van der Waals surface area contributed by atoms with Crippen LogP contribution in [-0.4, -0.2) is 32.5 Å². The number of ether oxygens (including phenoxy) is 1. The molecule has 8 nitrogen and oxygen atoms in total. The van der Waals surface area contributed by atoms with Crippen LogP contribution in [0, 0.1) is 0 Å². The number of carbonyl (C=O) groups is 1. The molecule has 0 spiro atoms. The maximum atomic E-state index is 13.8. The highest BCUT2D eigenvalue weighted by atomic mass is 32.2. The molecule has 3 heterocycles. The van der Waals surface area contributed by atoms with Crippen molar-refractivity contribution in [2.24, 2.45) is 19.1 Å². The van der Waals surface area contributed by atoms with E-state index in [1.54, 1.807) is 59.5 Å². The highest BCUT2D eigenvalue weighted by Gasteiger charge is 2.33. The average Bonchev–Trinajstić information content (AvgIpc) is 3.31. The highest BCUT2D eigenvalue weighted by Crippen LogP contribution is 2.31. The van der Waals surface area contributed by atoms with Crippen molar-refractivity contribution in [2.75, 3.05) is 12.9 Å². The van der Waals surface area contributed by atoms with Gasteiger partial charge in [-0.2, -0.15) is 0 Å². The largest absolute Gasteiger partial charge is 0.463 e. The molecule has 0 amide bonds. The summed E-state index contributed by atoms with van der Waals surface area (Å²) in [6.07, 6.45) is 3.80. The molecule has 0 aliphatic carbocycles. The number of carbonyl (C=O) groups excluding carboxylic acids is 1. The van der Waals surface area contributed by atoms with Crippen molar-refractivity contribution >= 4 is 46.2 Å². The lowest BCUT2D eigenvalue weighted by Gasteiger charge is -2.24. The zero-order valence-corrected chi connectivity index (χ0v) is 22.8. The molecule has 1 unspecified atom stereocenters. The molecule has 1 atom stereocenters. The van der Waals surface area contributed by atoms with E-state index in [9.17, 15) is 14.4 Å². The van der Waals surface area contributed by atoms with Gasteiger partial charge in [-0.1, -0.05) is 29.5 Å². The second-order valence-corrected chi connectivity index (χ2v) is 10.6. The highest BCUT2D eigenvalue weighted by molar-refractivity contribution is 7.98. The van der Waals surface area contributed by atoms with Gasteiger partial charge in [0, 0.05) is 19.0 Å². The Balaban J connectivity index is 1.71. The summed E-state index contributed by atoms with van der Waals surface area (Å²) in [5, 5.41) is 0. The first-order valence-electron chi connectivity index (χ1n) is 11.7. The van der Waals surface area contributed by atoms with Crippen molar-refractivity contribution in [3.63, 3.8) is 0 Å². The summed E-state index contributed by atoms with van der Waals surface area (Å²) in [4.78, 5) is 45.4. The smallest absolute Gasteiger partial charge is 0.338 e. The fraction of sp³-hybridized carbons (Fsp3) is 0.259. The Morgan fingerprint density at radius 1 is 1.11 bits per heavy atom. The maximum absolute atomic E-state index is 13.8. The van der Waals surface area contributed by atoms with Gasteiger partial charge in [0.1, 0.15) is 0 Å². The Labute approximate surface area is 220 Å². The third-order valence-corrected chi connectivity index (χ3v) is 8.27. The van der Waals surface area contributed by atoms with Crippen LogP contribution >= 0.6 is 23.1 Å². The van der Waals surface area contributed by atoms with Crippen molar-refractivity contribution in [3.05, 3.63) is 95.0 Å². The molecule has 37 heavy (non-hydrogen) atoms. The molecule has 0 radical (unpaired) electrons. The lowest BCUT2D eigenvalue weighted by atomic mass is 9.96. The number of aryl methyl sites for hydroxylation is 2. The molecule has 10 heteroatoms. The molecule has 190 valence electrons. The molecule has 0 bridgehead atoms. The molecular formula is C27H26N4O4S2. The first kappa shape index (κ1) is 25.0. The number of nitrogens with zero attached hydrogens (tertiary/aromatic N) is 4. The number of hydrogen-bond acceptors (Lipinski definition) is 7. The summed E-state index contributed by atoms with van der Waals surface area (Å²) in [5.74, 6) is -0.479. The molecule has 4 aromatic rings. The fourth-order valence-electron chi connectivity index (χ4n) is 4.66.